The fourth-order valence-corrected chi connectivity index (χ4v) is 3.30. The predicted octanol–water partition coefficient (Wildman–Crippen LogP) is 2.34. The van der Waals surface area contributed by atoms with E-state index in [4.69, 9.17) is 9.84 Å². The molecule has 1 aromatic heterocycles. The highest BCUT2D eigenvalue weighted by Gasteiger charge is 2.19. The van der Waals surface area contributed by atoms with Crippen LogP contribution < -0.4 is 10.9 Å². The molecule has 8 nitrogen and oxygen atoms in total. The van der Waals surface area contributed by atoms with Gasteiger partial charge in [0.1, 0.15) is 0 Å². The summed E-state index contributed by atoms with van der Waals surface area (Å²) in [4.78, 5) is 37.3. The largest absolute Gasteiger partial charge is 0.451 e. The Kier molecular flexibility index (Phi) is 5.72. The molecule has 0 saturated heterocycles. The van der Waals surface area contributed by atoms with Gasteiger partial charge in [0.25, 0.3) is 11.5 Å². The maximum Gasteiger partial charge on any atom is 0.359 e. The van der Waals surface area contributed by atoms with E-state index in [-0.39, 0.29) is 24.2 Å². The third-order valence-corrected chi connectivity index (χ3v) is 4.74. The molecular weight excluding hydrogens is 398 g/mol. The molecule has 31 heavy (non-hydrogen) atoms. The Morgan fingerprint density at radius 3 is 2.45 bits per heavy atom. The summed E-state index contributed by atoms with van der Waals surface area (Å²) in [7, 11) is 0. The van der Waals surface area contributed by atoms with E-state index in [1.165, 1.54) is 0 Å². The molecule has 1 amide bonds. The molecule has 8 heteroatoms. The van der Waals surface area contributed by atoms with Crippen molar-refractivity contribution in [2.75, 3.05) is 18.5 Å². The lowest BCUT2D eigenvalue weighted by Crippen LogP contribution is -2.28. The molecule has 0 atom stereocenters. The number of aliphatic hydroxyl groups is 1. The Morgan fingerprint density at radius 2 is 1.68 bits per heavy atom. The number of carbonyl (C=O) groups is 2. The molecule has 0 radical (unpaired) electrons. The molecule has 0 aliphatic rings. The molecule has 0 aliphatic carbocycles. The second kappa shape index (κ2) is 8.76. The molecule has 156 valence electrons. The first-order valence-corrected chi connectivity index (χ1v) is 9.63. The summed E-state index contributed by atoms with van der Waals surface area (Å²) in [6.07, 6.45) is 0. The second-order valence-corrected chi connectivity index (χ2v) is 6.83. The van der Waals surface area contributed by atoms with Crippen LogP contribution in [0, 0.1) is 0 Å². The number of benzene rings is 3. The van der Waals surface area contributed by atoms with Crippen LogP contribution in [-0.4, -0.2) is 40.0 Å². The number of esters is 1. The lowest BCUT2D eigenvalue weighted by molar-refractivity contribution is -0.119. The summed E-state index contributed by atoms with van der Waals surface area (Å²) in [5, 5.41) is 18.5. The van der Waals surface area contributed by atoms with Crippen molar-refractivity contribution in [2.24, 2.45) is 0 Å². The highest BCUT2D eigenvalue weighted by Crippen LogP contribution is 2.19. The van der Waals surface area contributed by atoms with Crippen molar-refractivity contribution in [1.82, 2.24) is 9.78 Å². The number of nitrogens with zero attached hydrogens (tertiary/aromatic N) is 2. The molecule has 0 fully saturated rings. The second-order valence-electron chi connectivity index (χ2n) is 6.83. The first kappa shape index (κ1) is 20.2. The number of aliphatic hydroxyl groups excluding tert-OH is 1. The number of amides is 1. The standard InChI is InChI=1S/C23H19N3O5/c27-12-11-26-22(29)19-8-4-3-7-18(19)21(25-26)23(30)31-14-20(28)24-17-10-9-15-5-1-2-6-16(15)13-17/h1-10,13,27H,11-12,14H2,(H,24,28). The maximum atomic E-state index is 12.6. The van der Waals surface area contributed by atoms with Crippen LogP contribution in [0.3, 0.4) is 0 Å². The van der Waals surface area contributed by atoms with Crippen molar-refractivity contribution in [3.8, 4) is 0 Å². The number of ether oxygens (including phenoxy) is 1. The van der Waals surface area contributed by atoms with Gasteiger partial charge in [0.15, 0.2) is 12.3 Å². The topological polar surface area (TPSA) is 111 Å². The van der Waals surface area contributed by atoms with Crippen LogP contribution in [0.15, 0.2) is 71.5 Å². The van der Waals surface area contributed by atoms with Crippen LogP contribution in [0.25, 0.3) is 21.5 Å². The highest BCUT2D eigenvalue weighted by atomic mass is 16.5. The molecular formula is C23H19N3O5. The van der Waals surface area contributed by atoms with Crippen LogP contribution in [-0.2, 0) is 16.1 Å². The van der Waals surface area contributed by atoms with Crippen LogP contribution in [0.5, 0.6) is 0 Å². The summed E-state index contributed by atoms with van der Waals surface area (Å²) in [5.74, 6) is -1.34. The third-order valence-electron chi connectivity index (χ3n) is 4.74. The summed E-state index contributed by atoms with van der Waals surface area (Å²) < 4.78 is 6.15. The first-order valence-electron chi connectivity index (χ1n) is 9.63. The summed E-state index contributed by atoms with van der Waals surface area (Å²) in [6.45, 7) is -0.888. The molecule has 4 rings (SSSR count). The van der Waals surface area contributed by atoms with Gasteiger partial charge in [-0.2, -0.15) is 5.10 Å². The van der Waals surface area contributed by atoms with Gasteiger partial charge in [-0.3, -0.25) is 9.59 Å². The van der Waals surface area contributed by atoms with E-state index in [2.05, 4.69) is 10.4 Å². The molecule has 0 spiro atoms. The van der Waals surface area contributed by atoms with Gasteiger partial charge < -0.3 is 15.2 Å². The van der Waals surface area contributed by atoms with Crippen LogP contribution >= 0.6 is 0 Å². The summed E-state index contributed by atoms with van der Waals surface area (Å²) in [5.41, 5.74) is 0.0669. The molecule has 0 bridgehead atoms. The molecule has 0 aliphatic heterocycles. The maximum absolute atomic E-state index is 12.6. The average molecular weight is 417 g/mol. The predicted molar refractivity (Wildman–Crippen MR) is 116 cm³/mol. The van der Waals surface area contributed by atoms with Crippen LogP contribution in [0.2, 0.25) is 0 Å². The minimum atomic E-state index is -0.837. The summed E-state index contributed by atoms with van der Waals surface area (Å²) in [6, 6.07) is 19.7. The minimum Gasteiger partial charge on any atom is -0.451 e. The fraction of sp³-hybridized carbons (Fsp3) is 0.130. The smallest absolute Gasteiger partial charge is 0.359 e. The minimum absolute atomic E-state index is 0.0631. The Hall–Kier alpha value is -4.04. The Labute approximate surface area is 176 Å². The van der Waals surface area contributed by atoms with Crippen molar-refractivity contribution >= 4 is 39.1 Å². The fourth-order valence-electron chi connectivity index (χ4n) is 3.30. The molecule has 4 aromatic rings. The van der Waals surface area contributed by atoms with Gasteiger partial charge in [-0.05, 0) is 29.0 Å². The highest BCUT2D eigenvalue weighted by molar-refractivity contribution is 6.03. The van der Waals surface area contributed by atoms with Gasteiger partial charge in [-0.1, -0.05) is 48.5 Å². The van der Waals surface area contributed by atoms with Crippen LogP contribution in [0.1, 0.15) is 10.5 Å². The van der Waals surface area contributed by atoms with Gasteiger partial charge in [0.2, 0.25) is 0 Å². The first-order chi connectivity index (χ1) is 15.1. The number of hydrogen-bond acceptors (Lipinski definition) is 6. The van der Waals surface area contributed by atoms with E-state index in [1.54, 1.807) is 30.3 Å². The average Bonchev–Trinajstić information content (AvgIpc) is 2.79. The molecule has 2 N–H and O–H groups in total. The molecule has 3 aromatic carbocycles. The quantitative estimate of drug-likeness (QED) is 0.466. The molecule has 0 saturated carbocycles. The SMILES string of the molecule is O=C(COC(=O)c1nn(CCO)c(=O)c2ccccc12)Nc1ccc2ccccc2c1. The molecule has 1 heterocycles. The zero-order chi connectivity index (χ0) is 21.8. The summed E-state index contributed by atoms with van der Waals surface area (Å²) >= 11 is 0. The Bertz CT molecular complexity index is 1350. The van der Waals surface area contributed by atoms with Crippen molar-refractivity contribution in [1.29, 1.82) is 0 Å². The normalized spacial score (nSPS) is 10.9. The van der Waals surface area contributed by atoms with E-state index >= 15 is 0 Å². The number of hydrogen-bond donors (Lipinski definition) is 2. The number of aromatic nitrogens is 2. The Balaban J connectivity index is 1.50. The third kappa shape index (κ3) is 4.29. The number of carbonyl (C=O) groups excluding carboxylic acids is 2. The zero-order valence-corrected chi connectivity index (χ0v) is 16.4. The molecule has 0 unspecified atom stereocenters. The number of nitrogens with one attached hydrogen (secondary N) is 1. The zero-order valence-electron chi connectivity index (χ0n) is 16.4. The van der Waals surface area contributed by atoms with Gasteiger partial charge in [0.05, 0.1) is 18.5 Å². The van der Waals surface area contributed by atoms with Crippen molar-refractivity contribution in [3.63, 3.8) is 0 Å². The van der Waals surface area contributed by atoms with Gasteiger partial charge in [-0.25, -0.2) is 9.48 Å². The number of fused-ring (bicyclic) bond motifs is 2. The van der Waals surface area contributed by atoms with Gasteiger partial charge >= 0.3 is 5.97 Å². The van der Waals surface area contributed by atoms with E-state index in [0.29, 0.717) is 11.1 Å². The Morgan fingerprint density at radius 1 is 0.968 bits per heavy atom. The van der Waals surface area contributed by atoms with E-state index in [1.807, 2.05) is 36.4 Å². The van der Waals surface area contributed by atoms with Crippen molar-refractivity contribution in [3.05, 3.63) is 82.8 Å². The monoisotopic (exact) mass is 417 g/mol. The van der Waals surface area contributed by atoms with E-state index in [9.17, 15) is 14.4 Å². The number of anilines is 1. The van der Waals surface area contributed by atoms with Gasteiger partial charge in [-0.15, -0.1) is 0 Å². The van der Waals surface area contributed by atoms with Gasteiger partial charge in [0, 0.05) is 11.1 Å². The van der Waals surface area contributed by atoms with Crippen molar-refractivity contribution < 1.29 is 19.4 Å². The van der Waals surface area contributed by atoms with E-state index < -0.39 is 24.0 Å². The number of rotatable bonds is 6. The van der Waals surface area contributed by atoms with Crippen molar-refractivity contribution in [2.45, 2.75) is 6.54 Å². The van der Waals surface area contributed by atoms with E-state index in [0.717, 1.165) is 15.5 Å². The van der Waals surface area contributed by atoms with Crippen LogP contribution in [0.4, 0.5) is 5.69 Å². The lowest BCUT2D eigenvalue weighted by Gasteiger charge is -2.10. The lowest BCUT2D eigenvalue weighted by atomic mass is 10.1.